The summed E-state index contributed by atoms with van der Waals surface area (Å²) in [6, 6.07) is 0. The molecule has 0 saturated heterocycles. The second kappa shape index (κ2) is 6.58. The summed E-state index contributed by atoms with van der Waals surface area (Å²) < 4.78 is 0. The number of thioether (sulfide) groups is 1. The van der Waals surface area contributed by atoms with E-state index >= 15 is 0 Å². The molecule has 1 nitrogen and oxygen atoms in total. The van der Waals surface area contributed by atoms with Gasteiger partial charge in [-0.2, -0.15) is 0 Å². The standard InChI is InChI=1S/C9H18BNS/c1-7(2)5-8(3)6-11-9(10)12-4/h7-8H,5-6H2,1-4H3. The van der Waals surface area contributed by atoms with Gasteiger partial charge in [0.2, 0.25) is 0 Å². The highest BCUT2D eigenvalue weighted by Crippen LogP contribution is 2.11. The Morgan fingerprint density at radius 3 is 2.42 bits per heavy atom. The maximum Gasteiger partial charge on any atom is 0.150 e. The monoisotopic (exact) mass is 183 g/mol. The van der Waals surface area contributed by atoms with Gasteiger partial charge in [0.1, 0.15) is 0 Å². The summed E-state index contributed by atoms with van der Waals surface area (Å²) in [7, 11) is 5.57. The molecule has 0 aliphatic heterocycles. The molecule has 0 rings (SSSR count). The summed E-state index contributed by atoms with van der Waals surface area (Å²) in [4.78, 5) is 4.95. The van der Waals surface area contributed by atoms with Gasteiger partial charge < -0.3 is 0 Å². The van der Waals surface area contributed by atoms with Crippen LogP contribution in [0.5, 0.6) is 0 Å². The highest BCUT2D eigenvalue weighted by Gasteiger charge is 2.03. The highest BCUT2D eigenvalue weighted by atomic mass is 32.2. The quantitative estimate of drug-likeness (QED) is 0.370. The zero-order chi connectivity index (χ0) is 9.56. The van der Waals surface area contributed by atoms with Crippen molar-refractivity contribution in [2.24, 2.45) is 16.8 Å². The van der Waals surface area contributed by atoms with Crippen LogP contribution in [0.4, 0.5) is 0 Å². The molecule has 0 aromatic heterocycles. The van der Waals surface area contributed by atoms with Crippen LogP contribution in [0.15, 0.2) is 4.99 Å². The molecule has 0 aromatic carbocycles. The zero-order valence-electron chi connectivity index (χ0n) is 8.50. The first-order chi connectivity index (χ1) is 5.56. The van der Waals surface area contributed by atoms with Gasteiger partial charge in [-0.3, -0.25) is 4.99 Å². The summed E-state index contributed by atoms with van der Waals surface area (Å²) in [6.45, 7) is 7.55. The Hall–Kier alpha value is 0.0849. The molecule has 0 heterocycles. The molecular formula is C9H18BNS. The average Bonchev–Trinajstić information content (AvgIpc) is 1.99. The molecule has 0 aromatic rings. The summed E-state index contributed by atoms with van der Waals surface area (Å²) >= 11 is 1.51. The van der Waals surface area contributed by atoms with Gasteiger partial charge in [0.25, 0.3) is 0 Å². The smallest absolute Gasteiger partial charge is 0.150 e. The highest BCUT2D eigenvalue weighted by molar-refractivity contribution is 8.16. The van der Waals surface area contributed by atoms with Crippen molar-refractivity contribution >= 4 is 24.6 Å². The molecule has 0 aliphatic carbocycles. The summed E-state index contributed by atoms with van der Waals surface area (Å²) in [5, 5.41) is 0. The third-order valence-electron chi connectivity index (χ3n) is 1.64. The summed E-state index contributed by atoms with van der Waals surface area (Å²) in [5.41, 5.74) is 0. The molecule has 3 heteroatoms. The van der Waals surface area contributed by atoms with E-state index in [-0.39, 0.29) is 0 Å². The number of nitrogens with zero attached hydrogens (tertiary/aromatic N) is 1. The molecule has 68 valence electrons. The molecule has 1 atom stereocenters. The van der Waals surface area contributed by atoms with E-state index in [2.05, 4.69) is 25.8 Å². The Kier molecular flexibility index (Phi) is 6.63. The SMILES string of the molecule is [B]C(=NCC(C)CC(C)C)SC. The topological polar surface area (TPSA) is 12.4 Å². The predicted octanol–water partition coefficient (Wildman–Crippen LogP) is 2.56. The van der Waals surface area contributed by atoms with E-state index in [1.54, 1.807) is 0 Å². The van der Waals surface area contributed by atoms with Crippen LogP contribution >= 0.6 is 11.8 Å². The van der Waals surface area contributed by atoms with Crippen LogP contribution in [0.25, 0.3) is 0 Å². The Labute approximate surface area is 81.8 Å². The minimum absolute atomic E-state index is 0.649. The molecule has 0 N–H and O–H groups in total. The lowest BCUT2D eigenvalue weighted by Crippen LogP contribution is -2.05. The molecule has 0 fully saturated rings. The fourth-order valence-corrected chi connectivity index (χ4v) is 1.39. The van der Waals surface area contributed by atoms with Crippen molar-refractivity contribution in [2.75, 3.05) is 12.8 Å². The maximum atomic E-state index is 5.57. The third-order valence-corrected chi connectivity index (χ3v) is 2.19. The molecule has 0 bridgehead atoms. The van der Waals surface area contributed by atoms with E-state index in [9.17, 15) is 0 Å². The second-order valence-corrected chi connectivity index (χ2v) is 4.44. The first-order valence-electron chi connectivity index (χ1n) is 4.40. The van der Waals surface area contributed by atoms with E-state index < -0.39 is 0 Å². The lowest BCUT2D eigenvalue weighted by Gasteiger charge is -2.11. The number of hydrogen-bond acceptors (Lipinski definition) is 2. The molecular weight excluding hydrogens is 165 g/mol. The van der Waals surface area contributed by atoms with Crippen molar-refractivity contribution in [3.8, 4) is 0 Å². The Balaban J connectivity index is 3.62. The van der Waals surface area contributed by atoms with Crippen molar-refractivity contribution in [3.63, 3.8) is 0 Å². The molecule has 12 heavy (non-hydrogen) atoms. The zero-order valence-corrected chi connectivity index (χ0v) is 9.32. The third kappa shape index (κ3) is 6.77. The van der Waals surface area contributed by atoms with E-state index in [4.69, 9.17) is 7.85 Å². The Bertz CT molecular complexity index is 145. The van der Waals surface area contributed by atoms with Gasteiger partial charge in [-0.1, -0.05) is 20.8 Å². The molecule has 0 aliphatic rings. The summed E-state index contributed by atoms with van der Waals surface area (Å²) in [6.07, 6.45) is 3.18. The van der Waals surface area contributed by atoms with E-state index in [0.29, 0.717) is 10.9 Å². The Morgan fingerprint density at radius 1 is 1.42 bits per heavy atom. The number of hydrogen-bond donors (Lipinski definition) is 0. The number of aliphatic imine (C=N–C) groups is 1. The van der Waals surface area contributed by atoms with Crippen LogP contribution in [-0.2, 0) is 0 Å². The fourth-order valence-electron chi connectivity index (χ4n) is 1.19. The fraction of sp³-hybridized carbons (Fsp3) is 0.889. The van der Waals surface area contributed by atoms with Crippen LogP contribution in [0.1, 0.15) is 27.2 Å². The first-order valence-corrected chi connectivity index (χ1v) is 5.62. The molecule has 2 radical (unpaired) electrons. The minimum Gasteiger partial charge on any atom is -0.294 e. The van der Waals surface area contributed by atoms with Crippen molar-refractivity contribution in [3.05, 3.63) is 0 Å². The van der Waals surface area contributed by atoms with Crippen LogP contribution in [0.2, 0.25) is 0 Å². The molecule has 0 spiro atoms. The van der Waals surface area contributed by atoms with E-state index in [0.717, 1.165) is 12.5 Å². The lowest BCUT2D eigenvalue weighted by atomic mass is 9.99. The van der Waals surface area contributed by atoms with Crippen molar-refractivity contribution in [1.82, 2.24) is 0 Å². The first kappa shape index (κ1) is 12.1. The van der Waals surface area contributed by atoms with Gasteiger partial charge in [0.05, 0.1) is 0 Å². The van der Waals surface area contributed by atoms with Crippen LogP contribution in [0.3, 0.4) is 0 Å². The molecule has 0 amide bonds. The van der Waals surface area contributed by atoms with Gasteiger partial charge in [-0.25, -0.2) is 0 Å². The van der Waals surface area contributed by atoms with E-state index in [1.807, 2.05) is 6.26 Å². The summed E-state index contributed by atoms with van der Waals surface area (Å²) in [5.74, 6) is 1.40. The van der Waals surface area contributed by atoms with Crippen LogP contribution < -0.4 is 0 Å². The van der Waals surface area contributed by atoms with Gasteiger partial charge in [-0.15, -0.1) is 11.8 Å². The molecule has 0 saturated carbocycles. The largest absolute Gasteiger partial charge is 0.294 e. The van der Waals surface area contributed by atoms with Gasteiger partial charge in [0.15, 0.2) is 7.85 Å². The van der Waals surface area contributed by atoms with E-state index in [1.165, 1.54) is 18.2 Å². The Morgan fingerprint density at radius 2 is 2.00 bits per heavy atom. The number of rotatable bonds is 4. The van der Waals surface area contributed by atoms with Crippen molar-refractivity contribution in [1.29, 1.82) is 0 Å². The van der Waals surface area contributed by atoms with Crippen LogP contribution in [-0.4, -0.2) is 25.6 Å². The lowest BCUT2D eigenvalue weighted by molar-refractivity contribution is 0.448. The van der Waals surface area contributed by atoms with Gasteiger partial charge in [-0.05, 0) is 24.5 Å². The van der Waals surface area contributed by atoms with Crippen molar-refractivity contribution in [2.45, 2.75) is 27.2 Å². The second-order valence-electron chi connectivity index (χ2n) is 3.62. The normalized spacial score (nSPS) is 15.2. The maximum absolute atomic E-state index is 5.57. The van der Waals surface area contributed by atoms with Gasteiger partial charge >= 0.3 is 0 Å². The van der Waals surface area contributed by atoms with Crippen molar-refractivity contribution < 1.29 is 0 Å². The molecule has 1 unspecified atom stereocenters. The van der Waals surface area contributed by atoms with Gasteiger partial charge in [0, 0.05) is 11.5 Å². The minimum atomic E-state index is 0.649. The predicted molar refractivity (Wildman–Crippen MR) is 60.2 cm³/mol. The van der Waals surface area contributed by atoms with Crippen LogP contribution in [0, 0.1) is 11.8 Å². The average molecular weight is 183 g/mol.